The summed E-state index contributed by atoms with van der Waals surface area (Å²) in [6.07, 6.45) is 5.10. The van der Waals surface area contributed by atoms with E-state index in [4.69, 9.17) is 4.84 Å². The minimum absolute atomic E-state index is 0.0516. The molecule has 0 atom stereocenters. The summed E-state index contributed by atoms with van der Waals surface area (Å²) in [4.78, 5) is 17.4. The average Bonchev–Trinajstić information content (AvgIpc) is 2.91. The Labute approximate surface area is 89.9 Å². The number of piperidine rings is 1. The molecule has 3 rings (SSSR count). The Hall–Kier alpha value is -0.610. The highest BCUT2D eigenvalue weighted by atomic mass is 16.7. The van der Waals surface area contributed by atoms with Crippen molar-refractivity contribution in [1.82, 2.24) is 10.4 Å². The lowest BCUT2D eigenvalue weighted by Crippen LogP contribution is -2.36. The number of carbonyl (C=O) groups excluding carboxylic acids is 1. The highest BCUT2D eigenvalue weighted by Gasteiger charge is 2.54. The number of hydroxylamine groups is 2. The minimum atomic E-state index is -0.0516. The van der Waals surface area contributed by atoms with Crippen LogP contribution in [0.2, 0.25) is 0 Å². The summed E-state index contributed by atoms with van der Waals surface area (Å²) < 4.78 is 0. The largest absolute Gasteiger partial charge is 0.317 e. The normalized spacial score (nSPS) is 30.1. The molecule has 1 saturated carbocycles. The van der Waals surface area contributed by atoms with E-state index in [0.29, 0.717) is 12.3 Å². The molecule has 2 saturated heterocycles. The molecule has 2 aliphatic heterocycles. The maximum Gasteiger partial charge on any atom is 0.249 e. The van der Waals surface area contributed by atoms with Gasteiger partial charge in [0.2, 0.25) is 5.91 Å². The number of amides is 1. The summed E-state index contributed by atoms with van der Waals surface area (Å²) in [5, 5.41) is 4.98. The van der Waals surface area contributed by atoms with Crippen LogP contribution < -0.4 is 5.32 Å². The average molecular weight is 210 g/mol. The zero-order valence-corrected chi connectivity index (χ0v) is 9.00. The summed E-state index contributed by atoms with van der Waals surface area (Å²) in [5.74, 6) is 0.829. The van der Waals surface area contributed by atoms with Crippen LogP contribution in [0.4, 0.5) is 0 Å². The summed E-state index contributed by atoms with van der Waals surface area (Å²) in [7, 11) is 0. The Morgan fingerprint density at radius 3 is 2.73 bits per heavy atom. The first-order chi connectivity index (χ1) is 7.27. The van der Waals surface area contributed by atoms with Gasteiger partial charge in [-0.3, -0.25) is 9.63 Å². The van der Waals surface area contributed by atoms with Crippen LogP contribution in [0.3, 0.4) is 0 Å². The van der Waals surface area contributed by atoms with Gasteiger partial charge in [0.15, 0.2) is 0 Å². The number of nitrogens with one attached hydrogen (secondary N) is 1. The quantitative estimate of drug-likeness (QED) is 0.729. The Balaban J connectivity index is 1.56. The van der Waals surface area contributed by atoms with Crippen LogP contribution in [0.1, 0.15) is 32.1 Å². The fourth-order valence-corrected chi connectivity index (χ4v) is 2.53. The fourth-order valence-electron chi connectivity index (χ4n) is 2.53. The summed E-state index contributed by atoms with van der Waals surface area (Å²) in [6.45, 7) is 2.97. The molecule has 2 heterocycles. The van der Waals surface area contributed by atoms with Crippen molar-refractivity contribution in [2.24, 2.45) is 5.92 Å². The molecule has 0 aromatic rings. The third kappa shape index (κ3) is 1.88. The van der Waals surface area contributed by atoms with Crippen molar-refractivity contribution in [3.05, 3.63) is 0 Å². The van der Waals surface area contributed by atoms with Crippen LogP contribution in [0.15, 0.2) is 0 Å². The van der Waals surface area contributed by atoms with Gasteiger partial charge in [-0.2, -0.15) is 0 Å². The Morgan fingerprint density at radius 2 is 2.13 bits per heavy atom. The van der Waals surface area contributed by atoms with E-state index in [-0.39, 0.29) is 11.5 Å². The van der Waals surface area contributed by atoms with Gasteiger partial charge < -0.3 is 5.32 Å². The van der Waals surface area contributed by atoms with E-state index in [2.05, 4.69) is 5.32 Å². The zero-order chi connectivity index (χ0) is 10.3. The third-order valence-electron chi connectivity index (χ3n) is 3.75. The zero-order valence-electron chi connectivity index (χ0n) is 9.00. The molecule has 0 unspecified atom stereocenters. The van der Waals surface area contributed by atoms with Crippen molar-refractivity contribution in [1.29, 1.82) is 0 Å². The molecule has 84 valence electrons. The molecule has 1 spiro atoms. The maximum atomic E-state index is 11.7. The number of carbonyl (C=O) groups is 1. The highest BCUT2D eigenvalue weighted by molar-refractivity contribution is 5.78. The minimum Gasteiger partial charge on any atom is -0.317 e. The molecule has 0 radical (unpaired) electrons. The van der Waals surface area contributed by atoms with Gasteiger partial charge in [0, 0.05) is 0 Å². The first-order valence-electron chi connectivity index (χ1n) is 5.98. The van der Waals surface area contributed by atoms with Crippen molar-refractivity contribution in [3.63, 3.8) is 0 Å². The van der Waals surface area contributed by atoms with Crippen LogP contribution >= 0.6 is 0 Å². The van der Waals surface area contributed by atoms with Crippen molar-refractivity contribution in [2.75, 3.05) is 19.6 Å². The predicted octanol–water partition coefficient (Wildman–Crippen LogP) is 0.682. The van der Waals surface area contributed by atoms with Gasteiger partial charge in [0.1, 0.15) is 5.60 Å². The summed E-state index contributed by atoms with van der Waals surface area (Å²) >= 11 is 0. The number of hydrogen-bond donors (Lipinski definition) is 1. The van der Waals surface area contributed by atoms with E-state index >= 15 is 0 Å². The van der Waals surface area contributed by atoms with Crippen molar-refractivity contribution < 1.29 is 9.63 Å². The second-order valence-electron chi connectivity index (χ2n) is 5.10. The molecule has 1 aliphatic carbocycles. The van der Waals surface area contributed by atoms with E-state index < -0.39 is 0 Å². The fraction of sp³-hybridized carbons (Fsp3) is 0.909. The molecule has 15 heavy (non-hydrogen) atoms. The molecule has 4 heteroatoms. The van der Waals surface area contributed by atoms with Crippen LogP contribution in [0.5, 0.6) is 0 Å². The second kappa shape index (κ2) is 3.46. The third-order valence-corrected chi connectivity index (χ3v) is 3.75. The first kappa shape index (κ1) is 9.60. The summed E-state index contributed by atoms with van der Waals surface area (Å²) in [5.41, 5.74) is -0.0516. The van der Waals surface area contributed by atoms with Gasteiger partial charge in [-0.05, 0) is 44.7 Å². The van der Waals surface area contributed by atoms with Crippen molar-refractivity contribution in [3.8, 4) is 0 Å². The standard InChI is InChI=1S/C11H18N2O2/c14-10-7-11(3-4-11)15-13(10)8-9-1-5-12-6-2-9/h9,12H,1-8H2. The molecule has 1 N–H and O–H groups in total. The molecule has 0 aromatic carbocycles. The van der Waals surface area contributed by atoms with Gasteiger partial charge in [-0.15, -0.1) is 0 Å². The Kier molecular flexibility index (Phi) is 2.21. The Morgan fingerprint density at radius 1 is 1.40 bits per heavy atom. The van der Waals surface area contributed by atoms with Crippen molar-refractivity contribution in [2.45, 2.75) is 37.7 Å². The monoisotopic (exact) mass is 210 g/mol. The van der Waals surface area contributed by atoms with Crippen LogP contribution in [-0.4, -0.2) is 36.2 Å². The lowest BCUT2D eigenvalue weighted by atomic mass is 9.98. The van der Waals surface area contributed by atoms with Gasteiger partial charge in [0.05, 0.1) is 13.0 Å². The molecule has 1 amide bonds. The SMILES string of the molecule is O=C1CC2(CC2)ON1CC1CCNCC1. The number of rotatable bonds is 2. The molecular formula is C11H18N2O2. The van der Waals surface area contributed by atoms with Crippen molar-refractivity contribution >= 4 is 5.91 Å². The van der Waals surface area contributed by atoms with E-state index in [9.17, 15) is 4.79 Å². The van der Waals surface area contributed by atoms with Crippen LogP contribution in [0, 0.1) is 5.92 Å². The van der Waals surface area contributed by atoms with Crippen LogP contribution in [-0.2, 0) is 9.63 Å². The molecule has 0 aromatic heterocycles. The van der Waals surface area contributed by atoms with Gasteiger partial charge in [-0.25, -0.2) is 5.06 Å². The lowest BCUT2D eigenvalue weighted by molar-refractivity contribution is -0.182. The molecular weight excluding hydrogens is 192 g/mol. The van der Waals surface area contributed by atoms with Crippen LogP contribution in [0.25, 0.3) is 0 Å². The number of hydrogen-bond acceptors (Lipinski definition) is 3. The van der Waals surface area contributed by atoms with Gasteiger partial charge in [-0.1, -0.05) is 0 Å². The smallest absolute Gasteiger partial charge is 0.249 e. The van der Waals surface area contributed by atoms with E-state index in [1.807, 2.05) is 0 Å². The van der Waals surface area contributed by atoms with E-state index in [0.717, 1.165) is 32.5 Å². The molecule has 3 fully saturated rings. The number of nitrogens with zero attached hydrogens (tertiary/aromatic N) is 1. The summed E-state index contributed by atoms with van der Waals surface area (Å²) in [6, 6.07) is 0. The highest BCUT2D eigenvalue weighted by Crippen LogP contribution is 2.47. The Bertz CT molecular complexity index is 270. The van der Waals surface area contributed by atoms with Gasteiger partial charge in [0.25, 0.3) is 0 Å². The molecule has 4 nitrogen and oxygen atoms in total. The van der Waals surface area contributed by atoms with Gasteiger partial charge >= 0.3 is 0 Å². The second-order valence-corrected chi connectivity index (χ2v) is 5.10. The predicted molar refractivity (Wildman–Crippen MR) is 55.0 cm³/mol. The lowest BCUT2D eigenvalue weighted by Gasteiger charge is -2.26. The molecule has 0 bridgehead atoms. The van der Waals surface area contributed by atoms with E-state index in [1.54, 1.807) is 5.06 Å². The van der Waals surface area contributed by atoms with E-state index in [1.165, 1.54) is 12.8 Å². The first-order valence-corrected chi connectivity index (χ1v) is 5.98. The maximum absolute atomic E-state index is 11.7. The topological polar surface area (TPSA) is 41.6 Å². The molecule has 3 aliphatic rings.